The molecule has 0 aromatic heterocycles. The fourth-order valence-electron chi connectivity index (χ4n) is 1.32. The third-order valence-corrected chi connectivity index (χ3v) is 1.96. The van der Waals surface area contributed by atoms with Gasteiger partial charge in [-0.1, -0.05) is 0 Å². The van der Waals surface area contributed by atoms with Crippen molar-refractivity contribution in [1.82, 2.24) is 5.32 Å². The van der Waals surface area contributed by atoms with Crippen molar-refractivity contribution in [2.75, 3.05) is 13.1 Å². The van der Waals surface area contributed by atoms with E-state index >= 15 is 0 Å². The molecule has 4 heteroatoms. The van der Waals surface area contributed by atoms with Crippen molar-refractivity contribution in [3.05, 3.63) is 0 Å². The summed E-state index contributed by atoms with van der Waals surface area (Å²) < 4.78 is 23.3. The summed E-state index contributed by atoms with van der Waals surface area (Å²) in [6.45, 7) is 1.95. The molecular weight excluding hydrogens is 172 g/mol. The molecule has 1 saturated heterocycles. The molecule has 1 rings (SSSR count). The first kappa shape index (κ1) is 11.1. The van der Waals surface area contributed by atoms with Gasteiger partial charge in [-0.15, -0.1) is 12.4 Å². The van der Waals surface area contributed by atoms with E-state index in [2.05, 4.69) is 5.32 Å². The lowest BCUT2D eigenvalue weighted by Crippen LogP contribution is -2.09. The van der Waals surface area contributed by atoms with Crippen molar-refractivity contribution < 1.29 is 8.78 Å². The van der Waals surface area contributed by atoms with Crippen LogP contribution in [0.1, 0.15) is 19.3 Å². The van der Waals surface area contributed by atoms with E-state index in [1.807, 2.05) is 0 Å². The minimum Gasteiger partial charge on any atom is -0.316 e. The SMILES string of the molecule is Cl.FC(F)CC[C@@H]1CCNC1. The molecule has 1 nitrogen and oxygen atoms in total. The average molecular weight is 186 g/mol. The smallest absolute Gasteiger partial charge is 0.238 e. The zero-order valence-corrected chi connectivity index (χ0v) is 7.17. The third-order valence-electron chi connectivity index (χ3n) is 1.96. The normalized spacial score (nSPS) is 23.7. The molecule has 0 radical (unpaired) electrons. The molecule has 0 aromatic carbocycles. The Hall–Kier alpha value is 0.110. The Bertz CT molecular complexity index is 94.4. The molecule has 1 aliphatic rings. The molecule has 0 saturated carbocycles. The van der Waals surface area contributed by atoms with Crippen molar-refractivity contribution in [2.45, 2.75) is 25.7 Å². The van der Waals surface area contributed by atoms with Crippen LogP contribution >= 0.6 is 12.4 Å². The van der Waals surface area contributed by atoms with Crippen LogP contribution in [0.3, 0.4) is 0 Å². The standard InChI is InChI=1S/C7H13F2N.ClH/c8-7(9)2-1-6-3-4-10-5-6;/h6-7,10H,1-5H2;1H/t6-;/m1./s1. The molecule has 1 N–H and O–H groups in total. The number of nitrogens with one attached hydrogen (secondary N) is 1. The summed E-state index contributed by atoms with van der Waals surface area (Å²) in [6.07, 6.45) is -0.274. The Morgan fingerprint density at radius 1 is 1.45 bits per heavy atom. The van der Waals surface area contributed by atoms with Crippen LogP contribution in [-0.2, 0) is 0 Å². The van der Waals surface area contributed by atoms with Crippen molar-refractivity contribution in [2.24, 2.45) is 5.92 Å². The van der Waals surface area contributed by atoms with Gasteiger partial charge in [-0.2, -0.15) is 0 Å². The first-order valence-corrected chi connectivity index (χ1v) is 3.78. The predicted octanol–water partition coefficient (Wildman–Crippen LogP) is 2.06. The molecule has 11 heavy (non-hydrogen) atoms. The van der Waals surface area contributed by atoms with Gasteiger partial charge in [0.1, 0.15) is 0 Å². The van der Waals surface area contributed by atoms with Crippen LogP contribution in [0.2, 0.25) is 0 Å². The van der Waals surface area contributed by atoms with Crippen LogP contribution < -0.4 is 5.32 Å². The van der Waals surface area contributed by atoms with Crippen molar-refractivity contribution in [3.8, 4) is 0 Å². The number of hydrogen-bond acceptors (Lipinski definition) is 1. The van der Waals surface area contributed by atoms with Gasteiger partial charge in [0, 0.05) is 6.42 Å². The van der Waals surface area contributed by atoms with Crippen LogP contribution in [0.4, 0.5) is 8.78 Å². The number of rotatable bonds is 3. The first-order valence-electron chi connectivity index (χ1n) is 3.78. The molecule has 0 aliphatic carbocycles. The molecule has 1 fully saturated rings. The topological polar surface area (TPSA) is 12.0 Å². The van der Waals surface area contributed by atoms with Gasteiger partial charge < -0.3 is 5.32 Å². The zero-order valence-electron chi connectivity index (χ0n) is 6.35. The molecular formula is C7H14ClF2N. The lowest BCUT2D eigenvalue weighted by atomic mass is 10.0. The van der Waals surface area contributed by atoms with Gasteiger partial charge in [0.2, 0.25) is 6.43 Å². The third kappa shape index (κ3) is 4.53. The average Bonchev–Trinajstić information content (AvgIpc) is 2.34. The highest BCUT2D eigenvalue weighted by molar-refractivity contribution is 5.85. The number of alkyl halides is 2. The van der Waals surface area contributed by atoms with Gasteiger partial charge in [-0.05, 0) is 31.8 Å². The second-order valence-electron chi connectivity index (χ2n) is 2.83. The summed E-state index contributed by atoms with van der Waals surface area (Å²) in [4.78, 5) is 0. The minimum absolute atomic E-state index is 0. The minimum atomic E-state index is -2.11. The maximum absolute atomic E-state index is 11.7. The summed E-state index contributed by atoms with van der Waals surface area (Å²) in [5.74, 6) is 0.508. The second kappa shape index (κ2) is 5.72. The van der Waals surface area contributed by atoms with E-state index in [-0.39, 0.29) is 18.8 Å². The van der Waals surface area contributed by atoms with E-state index in [4.69, 9.17) is 0 Å². The van der Waals surface area contributed by atoms with E-state index in [1.165, 1.54) is 0 Å². The monoisotopic (exact) mass is 185 g/mol. The van der Waals surface area contributed by atoms with Gasteiger partial charge in [0.05, 0.1) is 0 Å². The quantitative estimate of drug-likeness (QED) is 0.710. The van der Waals surface area contributed by atoms with E-state index in [9.17, 15) is 8.78 Å². The predicted molar refractivity (Wildman–Crippen MR) is 43.5 cm³/mol. The number of halogens is 3. The lowest BCUT2D eigenvalue weighted by Gasteiger charge is -2.05. The van der Waals surface area contributed by atoms with E-state index in [0.29, 0.717) is 12.3 Å². The fourth-order valence-corrected chi connectivity index (χ4v) is 1.32. The second-order valence-corrected chi connectivity index (χ2v) is 2.83. The molecule has 68 valence electrons. The summed E-state index contributed by atoms with van der Waals surface area (Å²) in [5.41, 5.74) is 0. The first-order chi connectivity index (χ1) is 4.79. The Morgan fingerprint density at radius 3 is 2.64 bits per heavy atom. The number of hydrogen-bond donors (Lipinski definition) is 1. The van der Waals surface area contributed by atoms with Crippen LogP contribution in [0, 0.1) is 5.92 Å². The van der Waals surface area contributed by atoms with Gasteiger partial charge in [-0.3, -0.25) is 0 Å². The highest BCUT2D eigenvalue weighted by Crippen LogP contribution is 2.16. The molecule has 1 aliphatic heterocycles. The molecule has 0 unspecified atom stereocenters. The van der Waals surface area contributed by atoms with E-state index < -0.39 is 6.43 Å². The molecule has 0 spiro atoms. The molecule has 0 bridgehead atoms. The van der Waals surface area contributed by atoms with Crippen LogP contribution in [0.15, 0.2) is 0 Å². The molecule has 0 aromatic rings. The summed E-state index contributed by atoms with van der Waals surface area (Å²) in [7, 11) is 0. The maximum Gasteiger partial charge on any atom is 0.238 e. The zero-order chi connectivity index (χ0) is 7.40. The van der Waals surface area contributed by atoms with Crippen molar-refractivity contribution in [3.63, 3.8) is 0 Å². The highest BCUT2D eigenvalue weighted by atomic mass is 35.5. The van der Waals surface area contributed by atoms with E-state index in [1.54, 1.807) is 0 Å². The summed E-state index contributed by atoms with van der Waals surface area (Å²) >= 11 is 0. The van der Waals surface area contributed by atoms with Gasteiger partial charge in [-0.25, -0.2) is 8.78 Å². The van der Waals surface area contributed by atoms with Gasteiger partial charge >= 0.3 is 0 Å². The Morgan fingerprint density at radius 2 is 2.18 bits per heavy atom. The lowest BCUT2D eigenvalue weighted by molar-refractivity contribution is 0.128. The van der Waals surface area contributed by atoms with E-state index in [0.717, 1.165) is 19.5 Å². The maximum atomic E-state index is 11.7. The largest absolute Gasteiger partial charge is 0.316 e. The fraction of sp³-hybridized carbons (Fsp3) is 1.00. The van der Waals surface area contributed by atoms with Crippen molar-refractivity contribution >= 4 is 12.4 Å². The Balaban J connectivity index is 0.000001000. The molecule has 0 amide bonds. The van der Waals surface area contributed by atoms with Crippen molar-refractivity contribution in [1.29, 1.82) is 0 Å². The molecule has 1 heterocycles. The van der Waals surface area contributed by atoms with Crippen LogP contribution in [-0.4, -0.2) is 19.5 Å². The van der Waals surface area contributed by atoms with Crippen LogP contribution in [0.25, 0.3) is 0 Å². The Labute approximate surface area is 72.0 Å². The Kier molecular flexibility index (Phi) is 5.78. The molecule has 1 atom stereocenters. The summed E-state index contributed by atoms with van der Waals surface area (Å²) in [5, 5.41) is 3.15. The highest BCUT2D eigenvalue weighted by Gasteiger charge is 2.15. The summed E-state index contributed by atoms with van der Waals surface area (Å²) in [6, 6.07) is 0. The van der Waals surface area contributed by atoms with Crippen LogP contribution in [0.5, 0.6) is 0 Å². The van der Waals surface area contributed by atoms with Gasteiger partial charge in [0.25, 0.3) is 0 Å². The van der Waals surface area contributed by atoms with Gasteiger partial charge in [0.15, 0.2) is 0 Å².